The summed E-state index contributed by atoms with van der Waals surface area (Å²) in [7, 11) is 0. The van der Waals surface area contributed by atoms with E-state index in [1.807, 2.05) is 72.8 Å². The minimum absolute atomic E-state index is 0.186. The van der Waals surface area contributed by atoms with Crippen molar-refractivity contribution >= 4 is 23.5 Å². The maximum atomic E-state index is 13.8. The highest BCUT2D eigenvalue weighted by molar-refractivity contribution is 6.38. The summed E-state index contributed by atoms with van der Waals surface area (Å²) in [5.41, 5.74) is 3.33. The van der Waals surface area contributed by atoms with E-state index in [1.165, 1.54) is 0 Å². The second-order valence-corrected chi connectivity index (χ2v) is 6.86. The number of carbonyl (C=O) groups is 2. The van der Waals surface area contributed by atoms with E-state index in [4.69, 9.17) is 0 Å². The molecule has 1 aliphatic carbocycles. The smallest absolute Gasteiger partial charge is 0.180 e. The molecule has 0 amide bonds. The van der Waals surface area contributed by atoms with Crippen LogP contribution in [0.2, 0.25) is 0 Å². The second kappa shape index (κ2) is 8.15. The maximum Gasteiger partial charge on any atom is 0.180 e. The zero-order valence-electron chi connectivity index (χ0n) is 16.0. The third-order valence-electron chi connectivity index (χ3n) is 5.12. The molecule has 1 atom stereocenters. The van der Waals surface area contributed by atoms with Crippen LogP contribution < -0.4 is 0 Å². The lowest BCUT2D eigenvalue weighted by molar-refractivity contribution is -0.120. The van der Waals surface area contributed by atoms with Gasteiger partial charge in [0.1, 0.15) is 5.92 Å². The minimum atomic E-state index is -0.971. The molecule has 4 rings (SSSR count). The van der Waals surface area contributed by atoms with Gasteiger partial charge in [-0.15, -0.1) is 0 Å². The van der Waals surface area contributed by atoms with Gasteiger partial charge in [-0.05, 0) is 18.1 Å². The van der Waals surface area contributed by atoms with Crippen LogP contribution in [0.4, 0.5) is 0 Å². The topological polar surface area (TPSA) is 58.9 Å². The maximum absolute atomic E-state index is 13.8. The van der Waals surface area contributed by atoms with Gasteiger partial charge in [0.25, 0.3) is 0 Å². The minimum Gasteiger partial charge on any atom is -0.297 e. The molecule has 0 aromatic heterocycles. The fourth-order valence-electron chi connectivity index (χ4n) is 3.83. The van der Waals surface area contributed by atoms with E-state index in [9.17, 15) is 9.59 Å². The van der Waals surface area contributed by atoms with Crippen LogP contribution in [0.3, 0.4) is 0 Å². The van der Waals surface area contributed by atoms with Gasteiger partial charge >= 0.3 is 0 Å². The predicted molar refractivity (Wildman–Crippen MR) is 115 cm³/mol. The summed E-state index contributed by atoms with van der Waals surface area (Å²) in [4.78, 5) is 27.1. The Bertz CT molecular complexity index is 1060. The highest BCUT2D eigenvalue weighted by atomic mass is 16.2. The van der Waals surface area contributed by atoms with E-state index in [2.05, 4.69) is 10.2 Å². The molecule has 0 heterocycles. The molecular formula is C25H20N2O2. The number of fused-ring (bicyclic) bond motifs is 1. The van der Waals surface area contributed by atoms with E-state index in [0.29, 0.717) is 16.8 Å². The van der Waals surface area contributed by atoms with Gasteiger partial charge in [0, 0.05) is 17.3 Å². The van der Waals surface area contributed by atoms with Gasteiger partial charge < -0.3 is 0 Å². The van der Waals surface area contributed by atoms with E-state index in [-0.39, 0.29) is 11.6 Å². The molecule has 0 saturated carbocycles. The van der Waals surface area contributed by atoms with Crippen LogP contribution in [0, 0.1) is 5.92 Å². The largest absolute Gasteiger partial charge is 0.297 e. The molecule has 3 aromatic rings. The number of hydrogen-bond acceptors (Lipinski definition) is 4. The summed E-state index contributed by atoms with van der Waals surface area (Å²) in [5, 5.41) is 8.23. The first-order valence-electron chi connectivity index (χ1n) is 9.55. The van der Waals surface area contributed by atoms with Crippen molar-refractivity contribution in [2.75, 3.05) is 0 Å². The van der Waals surface area contributed by atoms with Crippen LogP contribution in [0.1, 0.15) is 39.9 Å². The first kappa shape index (κ1) is 18.7. The van der Waals surface area contributed by atoms with Crippen molar-refractivity contribution in [3.63, 3.8) is 0 Å². The average Bonchev–Trinajstić information content (AvgIpc) is 3.06. The molecule has 0 spiro atoms. The van der Waals surface area contributed by atoms with Crippen molar-refractivity contribution in [2.24, 2.45) is 16.1 Å². The number of Topliss-reactive ketones (excluding diaryl/α,β-unsaturated/α-hetero) is 2. The number of ketones is 2. The van der Waals surface area contributed by atoms with E-state index >= 15 is 0 Å². The summed E-state index contributed by atoms with van der Waals surface area (Å²) in [6.45, 7) is 1.75. The Kier molecular flexibility index (Phi) is 5.25. The highest BCUT2D eigenvalue weighted by Gasteiger charge is 2.44. The van der Waals surface area contributed by atoms with E-state index in [0.717, 1.165) is 11.1 Å². The molecule has 0 fully saturated rings. The van der Waals surface area contributed by atoms with Crippen molar-refractivity contribution in [3.8, 4) is 0 Å². The van der Waals surface area contributed by atoms with E-state index in [1.54, 1.807) is 25.3 Å². The fraction of sp³-hybridized carbons (Fsp3) is 0.120. The first-order chi connectivity index (χ1) is 14.2. The molecule has 4 nitrogen and oxygen atoms in total. The summed E-state index contributed by atoms with van der Waals surface area (Å²) < 4.78 is 0. The second-order valence-electron chi connectivity index (χ2n) is 6.86. The molecule has 1 aliphatic rings. The Morgan fingerprint density at radius 1 is 0.828 bits per heavy atom. The van der Waals surface area contributed by atoms with Crippen LogP contribution in [0.5, 0.6) is 0 Å². The molecule has 3 aromatic carbocycles. The third kappa shape index (κ3) is 3.45. The summed E-state index contributed by atoms with van der Waals surface area (Å²) in [5.74, 6) is -1.93. The Hall–Kier alpha value is -3.66. The predicted octanol–water partition coefficient (Wildman–Crippen LogP) is 4.70. The van der Waals surface area contributed by atoms with Crippen molar-refractivity contribution in [1.82, 2.24) is 0 Å². The zero-order valence-corrected chi connectivity index (χ0v) is 16.0. The van der Waals surface area contributed by atoms with Gasteiger partial charge in [-0.1, -0.05) is 84.9 Å². The third-order valence-corrected chi connectivity index (χ3v) is 5.12. The SMILES string of the molecule is C/C=N\N=C1\c2ccccc2C(=O)C1C(=O)C(c1ccccc1)c1ccccc1. The van der Waals surface area contributed by atoms with Crippen molar-refractivity contribution in [2.45, 2.75) is 12.8 Å². The summed E-state index contributed by atoms with van der Waals surface area (Å²) in [6.07, 6.45) is 1.55. The number of benzene rings is 3. The Balaban J connectivity index is 1.85. The van der Waals surface area contributed by atoms with E-state index < -0.39 is 11.8 Å². The molecule has 1 unspecified atom stereocenters. The Morgan fingerprint density at radius 2 is 1.34 bits per heavy atom. The van der Waals surface area contributed by atoms with Gasteiger partial charge in [-0.25, -0.2) is 0 Å². The molecule has 4 heteroatoms. The lowest BCUT2D eigenvalue weighted by atomic mass is 9.80. The highest BCUT2D eigenvalue weighted by Crippen LogP contribution is 2.35. The molecular weight excluding hydrogens is 360 g/mol. The number of nitrogens with zero attached hydrogens (tertiary/aromatic N) is 2. The molecule has 0 saturated heterocycles. The quantitative estimate of drug-likeness (QED) is 0.366. The zero-order chi connectivity index (χ0) is 20.2. The number of hydrogen-bond donors (Lipinski definition) is 0. The molecule has 142 valence electrons. The normalized spacial score (nSPS) is 17.2. The molecule has 29 heavy (non-hydrogen) atoms. The molecule has 0 N–H and O–H groups in total. The van der Waals surface area contributed by atoms with Crippen molar-refractivity contribution in [1.29, 1.82) is 0 Å². The van der Waals surface area contributed by atoms with Crippen LogP contribution in [0.25, 0.3) is 0 Å². The van der Waals surface area contributed by atoms with Gasteiger partial charge in [0.05, 0.1) is 11.6 Å². The van der Waals surface area contributed by atoms with Crippen LogP contribution in [-0.4, -0.2) is 23.5 Å². The van der Waals surface area contributed by atoms with Crippen LogP contribution in [-0.2, 0) is 4.79 Å². The monoisotopic (exact) mass is 380 g/mol. The first-order valence-corrected chi connectivity index (χ1v) is 9.55. The fourth-order valence-corrected chi connectivity index (χ4v) is 3.83. The van der Waals surface area contributed by atoms with Gasteiger partial charge in [0.2, 0.25) is 0 Å². The average molecular weight is 380 g/mol. The Labute approximate surface area is 169 Å². The van der Waals surface area contributed by atoms with Gasteiger partial charge in [-0.3, -0.25) is 9.59 Å². The van der Waals surface area contributed by atoms with Crippen molar-refractivity contribution in [3.05, 3.63) is 107 Å². The molecule has 0 aliphatic heterocycles. The lowest BCUT2D eigenvalue weighted by Gasteiger charge is -2.20. The standard InChI is InChI=1S/C25H20N2O2/c1-2-26-27-23-19-15-9-10-16-20(19)24(28)22(23)25(29)21(17-11-5-3-6-12-17)18-13-7-4-8-14-18/h2-16,21-22H,1H3/b26-2-,27-23-. The van der Waals surface area contributed by atoms with Gasteiger partial charge in [0.15, 0.2) is 11.6 Å². The number of carbonyl (C=O) groups excluding carboxylic acids is 2. The summed E-state index contributed by atoms with van der Waals surface area (Å²) in [6, 6.07) is 26.3. The Morgan fingerprint density at radius 3 is 1.90 bits per heavy atom. The number of rotatable bonds is 5. The van der Waals surface area contributed by atoms with Crippen LogP contribution in [0.15, 0.2) is 95.1 Å². The molecule has 0 radical (unpaired) electrons. The lowest BCUT2D eigenvalue weighted by Crippen LogP contribution is -2.31. The van der Waals surface area contributed by atoms with Gasteiger partial charge in [-0.2, -0.15) is 10.2 Å². The van der Waals surface area contributed by atoms with Crippen molar-refractivity contribution < 1.29 is 9.59 Å². The van der Waals surface area contributed by atoms with Crippen LogP contribution >= 0.6 is 0 Å². The molecule has 0 bridgehead atoms. The summed E-state index contributed by atoms with van der Waals surface area (Å²) >= 11 is 0.